The van der Waals surface area contributed by atoms with Gasteiger partial charge in [0.15, 0.2) is 5.82 Å². The number of aromatic nitrogens is 4. The summed E-state index contributed by atoms with van der Waals surface area (Å²) in [4.78, 5) is 17.6. The van der Waals surface area contributed by atoms with Crippen LogP contribution in [0.5, 0.6) is 0 Å². The normalized spacial score (nSPS) is 24.4. The van der Waals surface area contributed by atoms with E-state index in [-0.39, 0.29) is 24.5 Å². The highest BCUT2D eigenvalue weighted by atomic mass is 19.4. The molecule has 6 heterocycles. The van der Waals surface area contributed by atoms with Crippen LogP contribution < -0.4 is 0 Å². The number of halogens is 3. The van der Waals surface area contributed by atoms with Crippen molar-refractivity contribution in [2.45, 2.75) is 38.1 Å². The Kier molecular flexibility index (Phi) is 4.39. The molecule has 156 valence electrons. The molecule has 8 nitrogen and oxygen atoms in total. The summed E-state index contributed by atoms with van der Waals surface area (Å²) in [6.07, 6.45) is -0.488. The van der Waals surface area contributed by atoms with Gasteiger partial charge < -0.3 is 14.5 Å². The summed E-state index contributed by atoms with van der Waals surface area (Å²) in [5.41, 5.74) is 0.460. The number of hydrogen-bond donors (Lipinski definition) is 0. The molecule has 0 atom stereocenters. The number of hydrogen-bond acceptors (Lipinski definition) is 5. The molecule has 1 amide bonds. The lowest BCUT2D eigenvalue weighted by Crippen LogP contribution is -2.44. The molecule has 0 aromatic carbocycles. The van der Waals surface area contributed by atoms with Crippen molar-refractivity contribution in [1.29, 1.82) is 0 Å². The minimum Gasteiger partial charge on any atom is -0.375 e. The lowest BCUT2D eigenvalue weighted by atomic mass is 10.1. The fourth-order valence-electron chi connectivity index (χ4n) is 4.41. The molecule has 0 aliphatic carbocycles. The Morgan fingerprint density at radius 2 is 1.97 bits per heavy atom. The Morgan fingerprint density at radius 1 is 1.17 bits per heavy atom. The number of carbonyl (C=O) groups is 1. The summed E-state index contributed by atoms with van der Waals surface area (Å²) >= 11 is 0. The molecule has 0 unspecified atom stereocenters. The highest BCUT2D eigenvalue weighted by molar-refractivity contribution is 5.78. The molecular weight excluding hydrogens is 389 g/mol. The van der Waals surface area contributed by atoms with Crippen LogP contribution in [0.15, 0.2) is 12.4 Å². The van der Waals surface area contributed by atoms with Crippen molar-refractivity contribution in [3.63, 3.8) is 0 Å². The van der Waals surface area contributed by atoms with Gasteiger partial charge in [-0.15, -0.1) is 5.10 Å². The van der Waals surface area contributed by atoms with E-state index in [4.69, 9.17) is 4.74 Å². The zero-order valence-corrected chi connectivity index (χ0v) is 15.7. The molecule has 11 heteroatoms. The molecule has 2 aromatic rings. The summed E-state index contributed by atoms with van der Waals surface area (Å²) in [6, 6.07) is -0.0782. The number of nitrogens with zero attached hydrogens (tertiary/aromatic N) is 6. The maximum atomic E-state index is 13.4. The van der Waals surface area contributed by atoms with E-state index in [9.17, 15) is 18.0 Å². The molecule has 0 radical (unpaired) electrons. The molecule has 4 aliphatic rings. The number of alkyl halides is 3. The standard InChI is InChI=1S/C18H21F3N6O2/c19-18(20,21)12-9-22-26(10-12)16-14-3-8-29-11-15(14)27(23-16)17(28)25-7-6-24-4-1-13(25)2-5-24/h9-10,13H,1-8,11H2. The number of ether oxygens (including phenoxy) is 1. The van der Waals surface area contributed by atoms with Crippen LogP contribution in [-0.2, 0) is 23.9 Å². The third kappa shape index (κ3) is 3.21. The maximum Gasteiger partial charge on any atom is 0.419 e. The van der Waals surface area contributed by atoms with Crippen LogP contribution in [0.3, 0.4) is 0 Å². The van der Waals surface area contributed by atoms with E-state index in [0.29, 0.717) is 30.8 Å². The largest absolute Gasteiger partial charge is 0.419 e. The van der Waals surface area contributed by atoms with Crippen molar-refractivity contribution in [3.8, 4) is 5.82 Å². The lowest BCUT2D eigenvalue weighted by molar-refractivity contribution is -0.137. The second-order valence-electron chi connectivity index (χ2n) is 7.68. The average molecular weight is 410 g/mol. The zero-order chi connectivity index (χ0) is 20.2. The van der Waals surface area contributed by atoms with Crippen molar-refractivity contribution in [2.24, 2.45) is 0 Å². The summed E-state index contributed by atoms with van der Waals surface area (Å²) in [5, 5.41) is 8.26. The van der Waals surface area contributed by atoms with E-state index in [1.807, 2.05) is 4.90 Å². The third-order valence-corrected chi connectivity index (χ3v) is 6.01. The predicted molar refractivity (Wildman–Crippen MR) is 94.7 cm³/mol. The molecule has 0 N–H and O–H groups in total. The molecule has 0 spiro atoms. The Morgan fingerprint density at radius 3 is 2.69 bits per heavy atom. The van der Waals surface area contributed by atoms with Gasteiger partial charge in [-0.05, 0) is 12.8 Å². The van der Waals surface area contributed by atoms with Gasteiger partial charge in [0.1, 0.15) is 0 Å². The molecule has 2 bridgehead atoms. The van der Waals surface area contributed by atoms with Gasteiger partial charge in [-0.1, -0.05) is 0 Å². The number of piperidine rings is 1. The predicted octanol–water partition coefficient (Wildman–Crippen LogP) is 1.91. The quantitative estimate of drug-likeness (QED) is 0.719. The van der Waals surface area contributed by atoms with Gasteiger partial charge in [0.25, 0.3) is 0 Å². The number of amides is 1. The molecule has 4 aliphatic heterocycles. The van der Waals surface area contributed by atoms with Crippen molar-refractivity contribution >= 4 is 6.03 Å². The van der Waals surface area contributed by atoms with Crippen LogP contribution >= 0.6 is 0 Å². The maximum absolute atomic E-state index is 13.4. The van der Waals surface area contributed by atoms with Crippen LogP contribution in [0.1, 0.15) is 29.7 Å². The monoisotopic (exact) mass is 410 g/mol. The van der Waals surface area contributed by atoms with Crippen molar-refractivity contribution < 1.29 is 22.7 Å². The molecule has 2 aromatic heterocycles. The SMILES string of the molecule is O=C(N1CCN2CCC1CC2)n1nc(-n2cc(C(F)(F)F)cn2)c2c1COCC2. The first-order valence-electron chi connectivity index (χ1n) is 9.76. The Bertz CT molecular complexity index is 929. The minimum atomic E-state index is -4.49. The van der Waals surface area contributed by atoms with Crippen molar-refractivity contribution in [3.05, 3.63) is 29.2 Å². The lowest BCUT2D eigenvalue weighted by Gasteiger charge is -2.31. The fourth-order valence-corrected chi connectivity index (χ4v) is 4.41. The third-order valence-electron chi connectivity index (χ3n) is 6.01. The van der Waals surface area contributed by atoms with E-state index in [1.165, 1.54) is 4.68 Å². The molecule has 6 rings (SSSR count). The van der Waals surface area contributed by atoms with Gasteiger partial charge in [0.2, 0.25) is 0 Å². The summed E-state index contributed by atoms with van der Waals surface area (Å²) in [6.45, 7) is 4.03. The smallest absolute Gasteiger partial charge is 0.375 e. The molecule has 0 saturated carbocycles. The van der Waals surface area contributed by atoms with Crippen LogP contribution in [0, 0.1) is 0 Å². The summed E-state index contributed by atoms with van der Waals surface area (Å²) < 4.78 is 46.9. The van der Waals surface area contributed by atoms with E-state index in [0.717, 1.165) is 49.6 Å². The summed E-state index contributed by atoms with van der Waals surface area (Å²) in [7, 11) is 0. The number of carbonyl (C=O) groups excluding carboxylic acids is 1. The van der Waals surface area contributed by atoms with Crippen molar-refractivity contribution in [2.75, 3.05) is 32.8 Å². The average Bonchev–Trinajstić information content (AvgIpc) is 3.23. The fraction of sp³-hybridized carbons (Fsp3) is 0.611. The summed E-state index contributed by atoms with van der Waals surface area (Å²) in [5.74, 6) is 0.259. The van der Waals surface area contributed by atoms with Crippen LogP contribution in [0.2, 0.25) is 0 Å². The first-order valence-corrected chi connectivity index (χ1v) is 9.76. The van der Waals surface area contributed by atoms with E-state index in [2.05, 4.69) is 15.1 Å². The Balaban J connectivity index is 1.52. The van der Waals surface area contributed by atoms with Gasteiger partial charge in [0, 0.05) is 50.4 Å². The van der Waals surface area contributed by atoms with E-state index >= 15 is 0 Å². The molecule has 29 heavy (non-hydrogen) atoms. The molecule has 3 saturated heterocycles. The van der Waals surface area contributed by atoms with Gasteiger partial charge in [-0.2, -0.15) is 23.0 Å². The highest BCUT2D eigenvalue weighted by Crippen LogP contribution is 2.31. The van der Waals surface area contributed by atoms with E-state index in [1.54, 1.807) is 0 Å². The number of fused-ring (bicyclic) bond motifs is 5. The Hall–Kier alpha value is -2.40. The van der Waals surface area contributed by atoms with Gasteiger partial charge in [0.05, 0.1) is 30.7 Å². The second kappa shape index (κ2) is 6.84. The first kappa shape index (κ1) is 18.6. The van der Waals surface area contributed by atoms with Gasteiger partial charge in [-0.3, -0.25) is 0 Å². The van der Waals surface area contributed by atoms with Crippen LogP contribution in [0.25, 0.3) is 5.82 Å². The molecule has 3 fully saturated rings. The second-order valence-corrected chi connectivity index (χ2v) is 7.68. The van der Waals surface area contributed by atoms with Gasteiger partial charge >= 0.3 is 12.2 Å². The minimum absolute atomic E-state index is 0.163. The van der Waals surface area contributed by atoms with Crippen LogP contribution in [0.4, 0.5) is 18.0 Å². The number of rotatable bonds is 1. The topological polar surface area (TPSA) is 68.4 Å². The zero-order valence-electron chi connectivity index (χ0n) is 15.7. The first-order chi connectivity index (χ1) is 13.9. The Labute approximate surface area is 164 Å². The van der Waals surface area contributed by atoms with Gasteiger partial charge in [-0.25, -0.2) is 9.48 Å². The highest BCUT2D eigenvalue weighted by Gasteiger charge is 2.36. The molecular formula is C18H21F3N6O2. The van der Waals surface area contributed by atoms with Crippen molar-refractivity contribution in [1.82, 2.24) is 29.4 Å². The van der Waals surface area contributed by atoms with E-state index < -0.39 is 11.7 Å². The van der Waals surface area contributed by atoms with Crippen LogP contribution in [-0.4, -0.2) is 74.2 Å².